The summed E-state index contributed by atoms with van der Waals surface area (Å²) >= 11 is 0. The fraction of sp³-hybridized carbons (Fsp3) is 0.217. The zero-order valence-corrected chi connectivity index (χ0v) is 14.8. The molecule has 1 aliphatic heterocycles. The normalized spacial score (nSPS) is 19.5. The monoisotopic (exact) mass is 364 g/mol. The van der Waals surface area contributed by atoms with Gasteiger partial charge in [0.1, 0.15) is 0 Å². The van der Waals surface area contributed by atoms with Crippen LogP contribution in [0.1, 0.15) is 29.9 Å². The fourth-order valence-corrected chi connectivity index (χ4v) is 2.98. The van der Waals surface area contributed by atoms with Gasteiger partial charge in [-0.2, -0.15) is 0 Å². The van der Waals surface area contributed by atoms with Crippen LogP contribution in [0, 0.1) is 29.4 Å². The van der Waals surface area contributed by atoms with E-state index in [1.54, 1.807) is 18.2 Å². The molecule has 0 aromatic heterocycles. The Bertz CT molecular complexity index is 1020. The number of rotatable bonds is 1. The highest BCUT2D eigenvalue weighted by Gasteiger charge is 2.20. The third-order valence-corrected chi connectivity index (χ3v) is 4.48. The lowest BCUT2D eigenvalue weighted by atomic mass is 10.1. The van der Waals surface area contributed by atoms with E-state index in [1.165, 1.54) is 12.1 Å². The number of ether oxygens (including phenoxy) is 2. The zero-order valence-electron chi connectivity index (χ0n) is 14.8. The van der Waals surface area contributed by atoms with Crippen LogP contribution in [0.3, 0.4) is 0 Å². The highest BCUT2D eigenvalue weighted by Crippen LogP contribution is 2.25. The first-order chi connectivity index (χ1) is 13.1. The molecule has 3 aromatic rings. The first-order valence-electron chi connectivity index (χ1n) is 8.82. The van der Waals surface area contributed by atoms with Gasteiger partial charge in [0.2, 0.25) is 0 Å². The number of fused-ring (bicyclic) bond motifs is 1. The van der Waals surface area contributed by atoms with E-state index >= 15 is 0 Å². The quantitative estimate of drug-likeness (QED) is 0.553. The van der Waals surface area contributed by atoms with Gasteiger partial charge in [0, 0.05) is 22.6 Å². The molecule has 1 fully saturated rings. The third-order valence-electron chi connectivity index (χ3n) is 4.48. The molecule has 0 radical (unpaired) electrons. The van der Waals surface area contributed by atoms with Crippen LogP contribution >= 0.6 is 0 Å². The van der Waals surface area contributed by atoms with Crippen molar-refractivity contribution >= 4 is 10.8 Å². The van der Waals surface area contributed by atoms with Gasteiger partial charge in [0.15, 0.2) is 17.9 Å². The fourth-order valence-electron chi connectivity index (χ4n) is 2.98. The Morgan fingerprint density at radius 3 is 2.07 bits per heavy atom. The smallest absolute Gasteiger partial charge is 0.183 e. The van der Waals surface area contributed by atoms with Crippen molar-refractivity contribution < 1.29 is 18.3 Å². The summed E-state index contributed by atoms with van der Waals surface area (Å²) in [6.45, 7) is 3.48. The van der Waals surface area contributed by atoms with Crippen LogP contribution in [0.15, 0.2) is 54.6 Å². The van der Waals surface area contributed by atoms with Gasteiger partial charge in [-0.05, 0) is 47.2 Å². The van der Waals surface area contributed by atoms with Gasteiger partial charge >= 0.3 is 0 Å². The van der Waals surface area contributed by atoms with E-state index in [1.807, 2.05) is 24.3 Å². The van der Waals surface area contributed by atoms with Crippen LogP contribution in [0.5, 0.6) is 0 Å². The van der Waals surface area contributed by atoms with Crippen LogP contribution < -0.4 is 0 Å². The molecule has 0 aliphatic carbocycles. The molecule has 136 valence electrons. The van der Waals surface area contributed by atoms with E-state index < -0.39 is 11.6 Å². The highest BCUT2D eigenvalue weighted by molar-refractivity contribution is 5.84. The minimum atomic E-state index is -0.857. The van der Waals surface area contributed by atoms with E-state index in [2.05, 4.69) is 18.8 Å². The van der Waals surface area contributed by atoms with Crippen molar-refractivity contribution in [1.29, 1.82) is 0 Å². The van der Waals surface area contributed by atoms with E-state index in [0.29, 0.717) is 29.9 Å². The molecule has 4 rings (SSSR count). The highest BCUT2D eigenvalue weighted by atomic mass is 19.2. The largest absolute Gasteiger partial charge is 0.348 e. The van der Waals surface area contributed by atoms with Gasteiger partial charge in [-0.15, -0.1) is 0 Å². The molecule has 0 spiro atoms. The molecule has 1 saturated heterocycles. The van der Waals surface area contributed by atoms with Crippen molar-refractivity contribution in [2.75, 3.05) is 13.2 Å². The molecule has 0 bridgehead atoms. The Balaban J connectivity index is 1.52. The maximum atomic E-state index is 13.4. The first kappa shape index (κ1) is 17.7. The molecular weight excluding hydrogens is 346 g/mol. The standard InChI is InChI=1S/C23H18F2O2/c1-15-13-26-23(27-14-15)18-7-4-16(5-8-18)2-3-17-6-9-19-11-21(24)22(25)12-20(19)10-17/h4-12,15,23H,13-14H2,1H3. The van der Waals surface area contributed by atoms with Crippen LogP contribution in [-0.2, 0) is 9.47 Å². The molecule has 0 N–H and O–H groups in total. The number of hydrogen-bond acceptors (Lipinski definition) is 2. The summed E-state index contributed by atoms with van der Waals surface area (Å²) in [5.74, 6) is 4.87. The molecule has 1 heterocycles. The summed E-state index contributed by atoms with van der Waals surface area (Å²) in [6, 6.07) is 15.4. The predicted molar refractivity (Wildman–Crippen MR) is 100 cm³/mol. The zero-order chi connectivity index (χ0) is 18.8. The molecule has 1 aliphatic rings. The molecule has 27 heavy (non-hydrogen) atoms. The summed E-state index contributed by atoms with van der Waals surface area (Å²) < 4.78 is 38.1. The molecule has 0 unspecified atom stereocenters. The average Bonchev–Trinajstić information content (AvgIpc) is 2.68. The van der Waals surface area contributed by atoms with E-state index in [-0.39, 0.29) is 6.29 Å². The summed E-state index contributed by atoms with van der Waals surface area (Å²) in [5, 5.41) is 1.27. The van der Waals surface area contributed by atoms with Crippen molar-refractivity contribution in [3.05, 3.63) is 82.9 Å². The van der Waals surface area contributed by atoms with Gasteiger partial charge in [0.25, 0.3) is 0 Å². The van der Waals surface area contributed by atoms with Crippen LogP contribution in [0.25, 0.3) is 10.8 Å². The molecule has 0 atom stereocenters. The lowest BCUT2D eigenvalue weighted by molar-refractivity contribution is -0.202. The molecule has 3 aromatic carbocycles. The lowest BCUT2D eigenvalue weighted by Gasteiger charge is -2.27. The predicted octanol–water partition coefficient (Wildman–Crippen LogP) is 5.20. The van der Waals surface area contributed by atoms with Gasteiger partial charge in [-0.1, -0.05) is 37.0 Å². The maximum Gasteiger partial charge on any atom is 0.183 e. The number of hydrogen-bond donors (Lipinski definition) is 0. The Morgan fingerprint density at radius 2 is 1.37 bits per heavy atom. The second kappa shape index (κ2) is 7.48. The van der Waals surface area contributed by atoms with Crippen molar-refractivity contribution in [3.63, 3.8) is 0 Å². The second-order valence-corrected chi connectivity index (χ2v) is 6.80. The van der Waals surface area contributed by atoms with Gasteiger partial charge in [-0.25, -0.2) is 8.78 Å². The topological polar surface area (TPSA) is 18.5 Å². The molecule has 2 nitrogen and oxygen atoms in total. The SMILES string of the molecule is CC1COC(c2ccc(C#Cc3ccc4cc(F)c(F)cc4c3)cc2)OC1. The summed E-state index contributed by atoms with van der Waals surface area (Å²) in [6.07, 6.45) is -0.320. The van der Waals surface area contributed by atoms with Crippen LogP contribution in [-0.4, -0.2) is 13.2 Å². The third kappa shape index (κ3) is 4.00. The van der Waals surface area contributed by atoms with Gasteiger partial charge in [-0.3, -0.25) is 0 Å². The average molecular weight is 364 g/mol. The first-order valence-corrected chi connectivity index (χ1v) is 8.82. The molecular formula is C23H18F2O2. The Morgan fingerprint density at radius 1 is 0.778 bits per heavy atom. The summed E-state index contributed by atoms with van der Waals surface area (Å²) in [5.41, 5.74) is 2.56. The van der Waals surface area contributed by atoms with Crippen molar-refractivity contribution in [3.8, 4) is 11.8 Å². The molecule has 4 heteroatoms. The minimum Gasteiger partial charge on any atom is -0.348 e. The van der Waals surface area contributed by atoms with E-state index in [0.717, 1.165) is 16.7 Å². The molecule has 0 amide bonds. The maximum absolute atomic E-state index is 13.4. The Hall–Kier alpha value is -2.74. The Kier molecular flexibility index (Phi) is 4.89. The van der Waals surface area contributed by atoms with Crippen molar-refractivity contribution in [1.82, 2.24) is 0 Å². The van der Waals surface area contributed by atoms with Gasteiger partial charge in [0.05, 0.1) is 13.2 Å². The summed E-state index contributed by atoms with van der Waals surface area (Å²) in [4.78, 5) is 0. The van der Waals surface area contributed by atoms with Crippen molar-refractivity contribution in [2.24, 2.45) is 5.92 Å². The van der Waals surface area contributed by atoms with Crippen LogP contribution in [0.4, 0.5) is 8.78 Å². The summed E-state index contributed by atoms with van der Waals surface area (Å²) in [7, 11) is 0. The van der Waals surface area contributed by atoms with E-state index in [9.17, 15) is 8.78 Å². The minimum absolute atomic E-state index is 0.320. The second-order valence-electron chi connectivity index (χ2n) is 6.80. The van der Waals surface area contributed by atoms with E-state index in [4.69, 9.17) is 9.47 Å². The van der Waals surface area contributed by atoms with Gasteiger partial charge < -0.3 is 9.47 Å². The number of halogens is 2. The molecule has 0 saturated carbocycles. The Labute approximate surface area is 156 Å². The number of benzene rings is 3. The van der Waals surface area contributed by atoms with Crippen molar-refractivity contribution in [2.45, 2.75) is 13.2 Å². The lowest BCUT2D eigenvalue weighted by Crippen LogP contribution is -2.24. The van der Waals surface area contributed by atoms with Crippen LogP contribution in [0.2, 0.25) is 0 Å².